The van der Waals surface area contributed by atoms with Crippen LogP contribution in [0.3, 0.4) is 0 Å². The van der Waals surface area contributed by atoms with E-state index < -0.39 is 10.1 Å². The molecular weight excluding hydrogens is 432 g/mol. The minimum Gasteiger partial charge on any atom is -0.466 e. The van der Waals surface area contributed by atoms with Crippen LogP contribution in [0.1, 0.15) is 68.9 Å². The predicted octanol–water partition coefficient (Wildman–Crippen LogP) is 5.87. The maximum absolute atomic E-state index is 12.3. The van der Waals surface area contributed by atoms with Crippen molar-refractivity contribution in [3.8, 4) is 0 Å². The first-order chi connectivity index (χ1) is 14.5. The standard InChI is InChI=1S/C24H34O5S2/c1-18(8-13-23(25)28-15-6-7-22-19(2)14-16-30-22)20-9-11-21(12-10-20)31(26,27)29-17-24(3,4)5/h9-12,14,16,18H,6-8,13,15,17H2,1-5H3. The fourth-order valence-corrected chi connectivity index (χ4v) is 5.00. The van der Waals surface area contributed by atoms with Crippen LogP contribution in [0, 0.1) is 12.3 Å². The van der Waals surface area contributed by atoms with Gasteiger partial charge in [0.25, 0.3) is 10.1 Å². The minimum absolute atomic E-state index is 0.119. The summed E-state index contributed by atoms with van der Waals surface area (Å²) >= 11 is 1.74. The van der Waals surface area contributed by atoms with Crippen LogP contribution in [-0.2, 0) is 30.3 Å². The lowest BCUT2D eigenvalue weighted by atomic mass is 9.96. The number of carbonyl (C=O) groups excluding carboxylic acids is 1. The fraction of sp³-hybridized carbons (Fsp3) is 0.542. The minimum atomic E-state index is -3.77. The molecule has 0 aliphatic rings. The summed E-state index contributed by atoms with van der Waals surface area (Å²) in [5, 5.41) is 2.08. The highest BCUT2D eigenvalue weighted by atomic mass is 32.2. The lowest BCUT2D eigenvalue weighted by molar-refractivity contribution is -0.143. The van der Waals surface area contributed by atoms with E-state index in [1.165, 1.54) is 10.4 Å². The van der Waals surface area contributed by atoms with Gasteiger partial charge >= 0.3 is 5.97 Å². The zero-order valence-electron chi connectivity index (χ0n) is 19.1. The lowest BCUT2D eigenvalue weighted by Gasteiger charge is -2.18. The van der Waals surface area contributed by atoms with Crippen LogP contribution in [0.5, 0.6) is 0 Å². The Kier molecular flexibility index (Phi) is 9.28. The largest absolute Gasteiger partial charge is 0.466 e. The van der Waals surface area contributed by atoms with Crippen molar-refractivity contribution in [2.45, 2.75) is 71.1 Å². The maximum Gasteiger partial charge on any atom is 0.305 e. The summed E-state index contributed by atoms with van der Waals surface area (Å²) in [5.74, 6) is -0.0712. The Morgan fingerprint density at radius 3 is 2.39 bits per heavy atom. The summed E-state index contributed by atoms with van der Waals surface area (Å²) in [5.41, 5.74) is 2.04. The van der Waals surface area contributed by atoms with Crippen LogP contribution in [0.4, 0.5) is 0 Å². The smallest absolute Gasteiger partial charge is 0.305 e. The van der Waals surface area contributed by atoms with Gasteiger partial charge in [-0.25, -0.2) is 0 Å². The van der Waals surface area contributed by atoms with E-state index in [9.17, 15) is 13.2 Å². The van der Waals surface area contributed by atoms with Crippen molar-refractivity contribution in [2.24, 2.45) is 5.41 Å². The second kappa shape index (κ2) is 11.2. The van der Waals surface area contributed by atoms with Crippen LogP contribution >= 0.6 is 11.3 Å². The van der Waals surface area contributed by atoms with Gasteiger partial charge in [0.2, 0.25) is 0 Å². The highest BCUT2D eigenvalue weighted by Gasteiger charge is 2.20. The Morgan fingerprint density at radius 2 is 1.81 bits per heavy atom. The van der Waals surface area contributed by atoms with E-state index in [4.69, 9.17) is 8.92 Å². The molecule has 2 rings (SSSR count). The number of aryl methyl sites for hydroxylation is 2. The highest BCUT2D eigenvalue weighted by molar-refractivity contribution is 7.86. The maximum atomic E-state index is 12.3. The molecule has 7 heteroatoms. The zero-order valence-corrected chi connectivity index (χ0v) is 20.8. The van der Waals surface area contributed by atoms with Gasteiger partial charge in [0.15, 0.2) is 0 Å². The Bertz CT molecular complexity index is 937. The number of ether oxygens (including phenoxy) is 1. The van der Waals surface area contributed by atoms with E-state index in [2.05, 4.69) is 18.4 Å². The molecule has 0 aliphatic heterocycles. The van der Waals surface area contributed by atoms with Gasteiger partial charge in [-0.3, -0.25) is 8.98 Å². The molecule has 0 N–H and O–H groups in total. The molecule has 1 aromatic carbocycles. The van der Waals surface area contributed by atoms with Crippen molar-refractivity contribution >= 4 is 27.4 Å². The molecule has 0 radical (unpaired) electrons. The van der Waals surface area contributed by atoms with Gasteiger partial charge < -0.3 is 4.74 Å². The van der Waals surface area contributed by atoms with Crippen LogP contribution in [0.15, 0.2) is 40.6 Å². The molecule has 2 aromatic rings. The Labute approximate surface area is 190 Å². The van der Waals surface area contributed by atoms with E-state index in [0.717, 1.165) is 18.4 Å². The monoisotopic (exact) mass is 466 g/mol. The molecule has 1 heterocycles. The second-order valence-corrected chi connectivity index (χ2v) is 11.8. The number of thiophene rings is 1. The number of carbonyl (C=O) groups is 1. The molecular formula is C24H34O5S2. The van der Waals surface area contributed by atoms with Gasteiger partial charge in [-0.05, 0) is 72.2 Å². The predicted molar refractivity (Wildman–Crippen MR) is 125 cm³/mol. The summed E-state index contributed by atoms with van der Waals surface area (Å²) in [6, 6.07) is 8.80. The van der Waals surface area contributed by atoms with Gasteiger partial charge in [0.1, 0.15) is 0 Å². The summed E-state index contributed by atoms with van der Waals surface area (Å²) in [6.45, 7) is 10.4. The topological polar surface area (TPSA) is 69.7 Å². The second-order valence-electron chi connectivity index (χ2n) is 9.14. The zero-order chi connectivity index (χ0) is 23.1. The molecule has 0 saturated heterocycles. The fourth-order valence-electron chi connectivity index (χ4n) is 2.94. The van der Waals surface area contributed by atoms with Crippen molar-refractivity contribution in [2.75, 3.05) is 13.2 Å². The third kappa shape index (κ3) is 8.75. The summed E-state index contributed by atoms with van der Waals surface area (Å²) in [4.78, 5) is 13.5. The van der Waals surface area contributed by atoms with E-state index in [-0.39, 0.29) is 28.8 Å². The highest BCUT2D eigenvalue weighted by Crippen LogP contribution is 2.24. The molecule has 172 valence electrons. The van der Waals surface area contributed by atoms with Gasteiger partial charge in [0.05, 0.1) is 18.1 Å². The average molecular weight is 467 g/mol. The molecule has 0 amide bonds. The number of hydrogen-bond acceptors (Lipinski definition) is 6. The first kappa shape index (κ1) is 25.6. The van der Waals surface area contributed by atoms with Gasteiger partial charge in [0, 0.05) is 11.3 Å². The number of hydrogen-bond donors (Lipinski definition) is 0. The van der Waals surface area contributed by atoms with Crippen molar-refractivity contribution in [3.63, 3.8) is 0 Å². The van der Waals surface area contributed by atoms with Crippen LogP contribution in [-0.4, -0.2) is 27.6 Å². The average Bonchev–Trinajstić information content (AvgIpc) is 3.12. The van der Waals surface area contributed by atoms with Crippen molar-refractivity contribution in [1.29, 1.82) is 0 Å². The molecule has 0 fully saturated rings. The van der Waals surface area contributed by atoms with E-state index in [0.29, 0.717) is 19.4 Å². The Balaban J connectivity index is 1.75. The van der Waals surface area contributed by atoms with Gasteiger partial charge in [-0.1, -0.05) is 39.8 Å². The molecule has 31 heavy (non-hydrogen) atoms. The van der Waals surface area contributed by atoms with Crippen molar-refractivity contribution in [3.05, 3.63) is 51.7 Å². The first-order valence-corrected chi connectivity index (χ1v) is 12.9. The lowest BCUT2D eigenvalue weighted by Crippen LogP contribution is -2.18. The Morgan fingerprint density at radius 1 is 1.13 bits per heavy atom. The van der Waals surface area contributed by atoms with E-state index >= 15 is 0 Å². The SMILES string of the molecule is Cc1ccsc1CCCOC(=O)CCC(C)c1ccc(S(=O)(=O)OCC(C)(C)C)cc1. The number of rotatable bonds is 11. The van der Waals surface area contributed by atoms with E-state index in [1.54, 1.807) is 35.6 Å². The molecule has 1 unspecified atom stereocenters. The molecule has 1 aromatic heterocycles. The molecule has 0 bridgehead atoms. The summed E-state index contributed by atoms with van der Waals surface area (Å²) in [7, 11) is -3.77. The number of esters is 1. The summed E-state index contributed by atoms with van der Waals surface area (Å²) < 4.78 is 35.1. The molecule has 5 nitrogen and oxygen atoms in total. The third-order valence-corrected chi connectivity index (χ3v) is 7.31. The van der Waals surface area contributed by atoms with Crippen LogP contribution in [0.25, 0.3) is 0 Å². The van der Waals surface area contributed by atoms with Gasteiger partial charge in [-0.2, -0.15) is 8.42 Å². The van der Waals surface area contributed by atoms with Crippen molar-refractivity contribution < 1.29 is 22.1 Å². The summed E-state index contributed by atoms with van der Waals surface area (Å²) in [6.07, 6.45) is 2.75. The molecule has 0 aliphatic carbocycles. The van der Waals surface area contributed by atoms with Crippen molar-refractivity contribution in [1.82, 2.24) is 0 Å². The van der Waals surface area contributed by atoms with E-state index in [1.807, 2.05) is 27.7 Å². The van der Waals surface area contributed by atoms with Gasteiger partial charge in [-0.15, -0.1) is 11.3 Å². The molecule has 0 spiro atoms. The first-order valence-electron chi connectivity index (χ1n) is 10.7. The van der Waals surface area contributed by atoms with Crippen LogP contribution < -0.4 is 0 Å². The quantitative estimate of drug-likeness (QED) is 0.235. The number of benzene rings is 1. The van der Waals surface area contributed by atoms with Crippen LogP contribution in [0.2, 0.25) is 0 Å². The normalized spacial score (nSPS) is 13.2. The molecule has 1 atom stereocenters. The molecule has 0 saturated carbocycles. The third-order valence-electron chi connectivity index (χ3n) is 4.95. The Hall–Kier alpha value is -1.70.